The van der Waals surface area contributed by atoms with Crippen molar-refractivity contribution in [3.8, 4) is 0 Å². The molecule has 0 bridgehead atoms. The summed E-state index contributed by atoms with van der Waals surface area (Å²) in [4.78, 5) is 11.0. The van der Waals surface area contributed by atoms with Gasteiger partial charge in [-0.3, -0.25) is 4.99 Å². The van der Waals surface area contributed by atoms with Gasteiger partial charge in [0.15, 0.2) is 5.96 Å². The first-order valence-electron chi connectivity index (χ1n) is 8.79. The fourth-order valence-corrected chi connectivity index (χ4v) is 3.18. The molecule has 8 heteroatoms. The van der Waals surface area contributed by atoms with Crippen molar-refractivity contribution in [3.63, 3.8) is 0 Å². The van der Waals surface area contributed by atoms with Crippen LogP contribution in [0.3, 0.4) is 0 Å². The van der Waals surface area contributed by atoms with Crippen LogP contribution in [0.4, 0.5) is 5.82 Å². The molecule has 0 radical (unpaired) electrons. The van der Waals surface area contributed by atoms with E-state index in [2.05, 4.69) is 25.5 Å². The van der Waals surface area contributed by atoms with Gasteiger partial charge >= 0.3 is 0 Å². The molecule has 3 N–H and O–H groups in total. The van der Waals surface area contributed by atoms with Crippen LogP contribution in [0.15, 0.2) is 46.1 Å². The summed E-state index contributed by atoms with van der Waals surface area (Å²) in [5.74, 6) is 2.01. The first-order chi connectivity index (χ1) is 12.7. The Labute approximate surface area is 158 Å². The number of hydrogen-bond donors (Lipinski definition) is 3. The van der Waals surface area contributed by atoms with Gasteiger partial charge in [0.2, 0.25) is 0 Å². The van der Waals surface area contributed by atoms with Crippen molar-refractivity contribution in [2.75, 3.05) is 31.1 Å². The Balaban J connectivity index is 1.58. The standard InChI is InChI=1S/C18H24ClN5O2/c1-2-20-18(22-11-15(25)16-6-4-10-26-16)23-13-7-9-24(12-13)17-14(19)5-3-8-21-17/h3-6,8,10,13,15,25H,2,7,9,11-12H2,1H3,(H2,20,22,23). The number of rotatable bonds is 6. The van der Waals surface area contributed by atoms with Gasteiger partial charge in [0.05, 0.1) is 17.8 Å². The van der Waals surface area contributed by atoms with E-state index in [1.807, 2.05) is 19.1 Å². The Morgan fingerprint density at radius 3 is 3.12 bits per heavy atom. The number of aliphatic imine (C=N–C) groups is 1. The van der Waals surface area contributed by atoms with Gasteiger partial charge in [-0.2, -0.15) is 0 Å². The first kappa shape index (κ1) is 18.5. The molecule has 3 rings (SSSR count). The average Bonchev–Trinajstić information content (AvgIpc) is 3.32. The number of nitrogens with zero attached hydrogens (tertiary/aromatic N) is 3. The second-order valence-corrected chi connectivity index (χ2v) is 6.54. The molecule has 0 amide bonds. The summed E-state index contributed by atoms with van der Waals surface area (Å²) in [6.45, 7) is 4.65. The molecule has 26 heavy (non-hydrogen) atoms. The highest BCUT2D eigenvalue weighted by Gasteiger charge is 2.25. The molecular weight excluding hydrogens is 354 g/mol. The molecule has 3 heterocycles. The van der Waals surface area contributed by atoms with E-state index in [9.17, 15) is 5.11 Å². The summed E-state index contributed by atoms with van der Waals surface area (Å²) in [6.07, 6.45) is 3.50. The Morgan fingerprint density at radius 1 is 1.50 bits per heavy atom. The monoisotopic (exact) mass is 377 g/mol. The number of aromatic nitrogens is 1. The lowest BCUT2D eigenvalue weighted by Gasteiger charge is -2.20. The lowest BCUT2D eigenvalue weighted by molar-refractivity contribution is 0.158. The Kier molecular flexibility index (Phi) is 6.35. The minimum Gasteiger partial charge on any atom is -0.467 e. The number of nitrogens with one attached hydrogen (secondary N) is 2. The highest BCUT2D eigenvalue weighted by molar-refractivity contribution is 6.32. The molecule has 0 spiro atoms. The lowest BCUT2D eigenvalue weighted by atomic mass is 10.2. The maximum atomic E-state index is 10.1. The number of hydrogen-bond acceptors (Lipinski definition) is 5. The molecule has 2 aromatic rings. The quantitative estimate of drug-likeness (QED) is 0.528. The molecule has 1 aliphatic heterocycles. The van der Waals surface area contributed by atoms with Crippen LogP contribution in [-0.2, 0) is 0 Å². The van der Waals surface area contributed by atoms with E-state index >= 15 is 0 Å². The zero-order valence-corrected chi connectivity index (χ0v) is 15.5. The van der Waals surface area contributed by atoms with E-state index in [1.165, 1.54) is 0 Å². The van der Waals surface area contributed by atoms with E-state index in [-0.39, 0.29) is 12.6 Å². The van der Waals surface area contributed by atoms with E-state index in [0.717, 1.165) is 31.9 Å². The van der Waals surface area contributed by atoms with Crippen molar-refractivity contribution in [1.82, 2.24) is 15.6 Å². The van der Waals surface area contributed by atoms with Crippen LogP contribution in [0.5, 0.6) is 0 Å². The molecule has 2 atom stereocenters. The van der Waals surface area contributed by atoms with Crippen LogP contribution in [0.25, 0.3) is 0 Å². The smallest absolute Gasteiger partial charge is 0.191 e. The molecule has 7 nitrogen and oxygen atoms in total. The number of guanidine groups is 1. The molecule has 0 aliphatic carbocycles. The van der Waals surface area contributed by atoms with Gasteiger partial charge in [-0.1, -0.05) is 11.6 Å². The fraction of sp³-hybridized carbons (Fsp3) is 0.444. The number of halogens is 1. The Morgan fingerprint density at radius 2 is 2.38 bits per heavy atom. The van der Waals surface area contributed by atoms with Gasteiger partial charge in [-0.25, -0.2) is 4.98 Å². The van der Waals surface area contributed by atoms with Crippen molar-refractivity contribution in [3.05, 3.63) is 47.5 Å². The molecule has 1 aliphatic rings. The van der Waals surface area contributed by atoms with Gasteiger partial charge in [0.25, 0.3) is 0 Å². The lowest BCUT2D eigenvalue weighted by Crippen LogP contribution is -2.44. The minimum atomic E-state index is -0.757. The summed E-state index contributed by atoms with van der Waals surface area (Å²) in [7, 11) is 0. The molecule has 1 saturated heterocycles. The molecule has 2 aromatic heterocycles. The van der Waals surface area contributed by atoms with E-state index in [4.69, 9.17) is 16.0 Å². The number of aliphatic hydroxyl groups excluding tert-OH is 1. The maximum absolute atomic E-state index is 10.1. The van der Waals surface area contributed by atoms with E-state index in [1.54, 1.807) is 24.6 Å². The summed E-state index contributed by atoms with van der Waals surface area (Å²) in [6, 6.07) is 7.41. The van der Waals surface area contributed by atoms with Crippen LogP contribution in [0.1, 0.15) is 25.2 Å². The minimum absolute atomic E-state index is 0.228. The molecular formula is C18H24ClN5O2. The van der Waals surface area contributed by atoms with E-state index in [0.29, 0.717) is 16.7 Å². The third-order valence-corrected chi connectivity index (χ3v) is 4.50. The van der Waals surface area contributed by atoms with Crippen molar-refractivity contribution in [2.45, 2.75) is 25.5 Å². The summed E-state index contributed by atoms with van der Waals surface area (Å²) < 4.78 is 5.21. The van der Waals surface area contributed by atoms with Crippen molar-refractivity contribution in [2.24, 2.45) is 4.99 Å². The number of furan rings is 1. The molecule has 0 saturated carbocycles. The number of anilines is 1. The number of pyridine rings is 1. The summed E-state index contributed by atoms with van der Waals surface area (Å²) in [5, 5.41) is 17.4. The summed E-state index contributed by atoms with van der Waals surface area (Å²) in [5.41, 5.74) is 0. The average molecular weight is 378 g/mol. The molecule has 1 fully saturated rings. The van der Waals surface area contributed by atoms with Crippen LogP contribution in [0.2, 0.25) is 5.02 Å². The third kappa shape index (κ3) is 4.68. The van der Waals surface area contributed by atoms with Gasteiger partial charge < -0.3 is 25.1 Å². The topological polar surface area (TPSA) is 85.9 Å². The van der Waals surface area contributed by atoms with Gasteiger partial charge in [0, 0.05) is 31.9 Å². The zero-order valence-electron chi connectivity index (χ0n) is 14.7. The SMILES string of the molecule is CCNC(=NCC(O)c1ccco1)NC1CCN(c2ncccc2Cl)C1. The van der Waals surface area contributed by atoms with Crippen molar-refractivity contribution >= 4 is 23.4 Å². The van der Waals surface area contributed by atoms with Crippen LogP contribution < -0.4 is 15.5 Å². The number of aliphatic hydroxyl groups is 1. The van der Waals surface area contributed by atoms with Gasteiger partial charge in [-0.15, -0.1) is 0 Å². The third-order valence-electron chi connectivity index (χ3n) is 4.21. The van der Waals surface area contributed by atoms with Crippen molar-refractivity contribution < 1.29 is 9.52 Å². The molecule has 140 valence electrons. The second kappa shape index (κ2) is 8.91. The maximum Gasteiger partial charge on any atom is 0.191 e. The molecule has 0 aromatic carbocycles. The predicted octanol–water partition coefficient (Wildman–Crippen LogP) is 2.20. The van der Waals surface area contributed by atoms with Crippen LogP contribution >= 0.6 is 11.6 Å². The van der Waals surface area contributed by atoms with Crippen molar-refractivity contribution in [1.29, 1.82) is 0 Å². The normalized spacial score (nSPS) is 18.8. The Hall–Kier alpha value is -2.25. The second-order valence-electron chi connectivity index (χ2n) is 6.14. The van der Waals surface area contributed by atoms with Crippen LogP contribution in [-0.4, -0.2) is 48.3 Å². The predicted molar refractivity (Wildman–Crippen MR) is 103 cm³/mol. The largest absolute Gasteiger partial charge is 0.467 e. The van der Waals surface area contributed by atoms with Crippen LogP contribution in [0, 0.1) is 0 Å². The highest BCUT2D eigenvalue weighted by Crippen LogP contribution is 2.25. The molecule has 2 unspecified atom stereocenters. The Bertz CT molecular complexity index is 722. The van der Waals surface area contributed by atoms with E-state index < -0.39 is 6.10 Å². The van der Waals surface area contributed by atoms with Gasteiger partial charge in [0.1, 0.15) is 17.7 Å². The summed E-state index contributed by atoms with van der Waals surface area (Å²) >= 11 is 6.24. The highest BCUT2D eigenvalue weighted by atomic mass is 35.5. The first-order valence-corrected chi connectivity index (χ1v) is 9.17. The fourth-order valence-electron chi connectivity index (χ4n) is 2.94. The zero-order chi connectivity index (χ0) is 18.4. The van der Waals surface area contributed by atoms with Gasteiger partial charge in [-0.05, 0) is 37.6 Å².